The van der Waals surface area contributed by atoms with E-state index in [2.05, 4.69) is 15.3 Å². The number of hydrogen-bond acceptors (Lipinski definition) is 5. The van der Waals surface area contributed by atoms with E-state index in [0.717, 1.165) is 34.5 Å². The Kier molecular flexibility index (Phi) is 3.89. The first-order valence-corrected chi connectivity index (χ1v) is 7.40. The SMILES string of the molecule is C.Nc1nc2c(c(-c3c(Cl)cc(Cl)c4c3CCO4)n1)CNC2. The minimum atomic E-state index is 0. The van der Waals surface area contributed by atoms with E-state index in [0.29, 0.717) is 35.5 Å². The highest BCUT2D eigenvalue weighted by molar-refractivity contribution is 6.37. The molecule has 7 heteroatoms. The molecule has 3 heterocycles. The second-order valence-corrected chi connectivity index (χ2v) is 5.89. The predicted octanol–water partition coefficient (Wildman–Crippen LogP) is 3.21. The molecule has 4 rings (SSSR count). The average molecular weight is 339 g/mol. The highest BCUT2D eigenvalue weighted by Crippen LogP contribution is 2.45. The number of ether oxygens (including phenoxy) is 1. The van der Waals surface area contributed by atoms with Crippen molar-refractivity contribution in [3.63, 3.8) is 0 Å². The maximum Gasteiger partial charge on any atom is 0.220 e. The molecule has 0 fully saturated rings. The second-order valence-electron chi connectivity index (χ2n) is 5.08. The van der Waals surface area contributed by atoms with Gasteiger partial charge >= 0.3 is 0 Å². The Morgan fingerprint density at radius 3 is 2.77 bits per heavy atom. The number of halogens is 2. The van der Waals surface area contributed by atoms with Gasteiger partial charge in [-0.2, -0.15) is 0 Å². The maximum absolute atomic E-state index is 6.44. The average Bonchev–Trinajstić information content (AvgIpc) is 3.06. The molecule has 1 aromatic carbocycles. The van der Waals surface area contributed by atoms with Crippen molar-refractivity contribution in [2.75, 3.05) is 12.3 Å². The molecule has 0 atom stereocenters. The highest BCUT2D eigenvalue weighted by Gasteiger charge is 2.28. The third-order valence-corrected chi connectivity index (χ3v) is 4.40. The molecule has 0 saturated carbocycles. The van der Waals surface area contributed by atoms with Crippen LogP contribution in [-0.2, 0) is 19.5 Å². The third-order valence-electron chi connectivity index (χ3n) is 3.82. The van der Waals surface area contributed by atoms with Gasteiger partial charge in [0, 0.05) is 36.2 Å². The van der Waals surface area contributed by atoms with Crippen molar-refractivity contribution in [2.45, 2.75) is 26.9 Å². The number of hydrogen-bond donors (Lipinski definition) is 2. The third kappa shape index (κ3) is 2.20. The number of anilines is 1. The van der Waals surface area contributed by atoms with E-state index in [9.17, 15) is 0 Å². The number of aromatic nitrogens is 2. The fraction of sp³-hybridized carbons (Fsp3) is 0.333. The van der Waals surface area contributed by atoms with Crippen molar-refractivity contribution in [1.29, 1.82) is 0 Å². The molecule has 1 aromatic heterocycles. The molecule has 5 nitrogen and oxygen atoms in total. The zero-order chi connectivity index (χ0) is 14.6. The Balaban J connectivity index is 0.00000144. The van der Waals surface area contributed by atoms with Crippen LogP contribution in [0.5, 0.6) is 5.75 Å². The fourth-order valence-electron chi connectivity index (χ4n) is 2.95. The monoisotopic (exact) mass is 338 g/mol. The van der Waals surface area contributed by atoms with Crippen LogP contribution in [0, 0.1) is 0 Å². The van der Waals surface area contributed by atoms with E-state index in [1.54, 1.807) is 6.07 Å². The van der Waals surface area contributed by atoms with Crippen molar-refractivity contribution >= 4 is 29.2 Å². The topological polar surface area (TPSA) is 73.1 Å². The van der Waals surface area contributed by atoms with Crippen LogP contribution in [0.25, 0.3) is 11.3 Å². The largest absolute Gasteiger partial charge is 0.491 e. The molecule has 116 valence electrons. The molecule has 0 aliphatic carbocycles. The van der Waals surface area contributed by atoms with E-state index in [1.807, 2.05) is 0 Å². The van der Waals surface area contributed by atoms with Crippen LogP contribution in [0.4, 0.5) is 5.95 Å². The van der Waals surface area contributed by atoms with Gasteiger partial charge in [0.15, 0.2) is 0 Å². The van der Waals surface area contributed by atoms with Gasteiger partial charge in [-0.1, -0.05) is 30.6 Å². The Bertz CT molecular complexity index is 764. The summed E-state index contributed by atoms with van der Waals surface area (Å²) >= 11 is 12.6. The number of nitrogens with two attached hydrogens (primary N) is 1. The number of nitrogens with zero attached hydrogens (tertiary/aromatic N) is 2. The molecule has 0 amide bonds. The summed E-state index contributed by atoms with van der Waals surface area (Å²) < 4.78 is 5.62. The minimum Gasteiger partial charge on any atom is -0.491 e. The zero-order valence-electron chi connectivity index (χ0n) is 11.0. The lowest BCUT2D eigenvalue weighted by molar-refractivity contribution is 0.357. The molecule has 2 aromatic rings. The number of rotatable bonds is 1. The first-order chi connectivity index (χ1) is 10.1. The normalized spacial score (nSPS) is 15.0. The van der Waals surface area contributed by atoms with Crippen molar-refractivity contribution < 1.29 is 4.74 Å². The summed E-state index contributed by atoms with van der Waals surface area (Å²) in [5, 5.41) is 4.37. The van der Waals surface area contributed by atoms with Crippen LogP contribution in [0.3, 0.4) is 0 Å². The van der Waals surface area contributed by atoms with Crippen LogP contribution in [0.2, 0.25) is 10.0 Å². The van der Waals surface area contributed by atoms with Crippen LogP contribution in [-0.4, -0.2) is 16.6 Å². The van der Waals surface area contributed by atoms with Crippen LogP contribution >= 0.6 is 23.2 Å². The summed E-state index contributed by atoms with van der Waals surface area (Å²) in [5.74, 6) is 0.957. The molecule has 0 unspecified atom stereocenters. The first kappa shape index (κ1) is 15.3. The molecule has 2 aliphatic heterocycles. The quantitative estimate of drug-likeness (QED) is 0.835. The Hall–Kier alpha value is -1.56. The van der Waals surface area contributed by atoms with Gasteiger partial charge in [0.05, 0.1) is 28.0 Å². The molecule has 2 aliphatic rings. The van der Waals surface area contributed by atoms with Gasteiger partial charge in [0.25, 0.3) is 0 Å². The summed E-state index contributed by atoms with van der Waals surface area (Å²) in [6, 6.07) is 1.70. The van der Waals surface area contributed by atoms with E-state index >= 15 is 0 Å². The number of benzene rings is 1. The smallest absolute Gasteiger partial charge is 0.220 e. The standard InChI is InChI=1S/C14H12Cl2N4O.CH4/c15-8-3-9(16)13-6(1-2-21-13)11(8)12-7-4-18-5-10(7)19-14(17)20-12;/h3,18H,1-2,4-5H2,(H2,17,19,20);1H4. The number of fused-ring (bicyclic) bond motifs is 2. The van der Waals surface area contributed by atoms with Crippen molar-refractivity contribution in [1.82, 2.24) is 15.3 Å². The van der Waals surface area contributed by atoms with Gasteiger partial charge in [-0.05, 0) is 6.07 Å². The lowest BCUT2D eigenvalue weighted by atomic mass is 9.98. The molecule has 0 radical (unpaired) electrons. The van der Waals surface area contributed by atoms with Crippen molar-refractivity contribution in [2.24, 2.45) is 0 Å². The predicted molar refractivity (Wildman–Crippen MR) is 88.4 cm³/mol. The van der Waals surface area contributed by atoms with Crippen LogP contribution in [0.1, 0.15) is 24.2 Å². The summed E-state index contributed by atoms with van der Waals surface area (Å²) in [4.78, 5) is 8.71. The molecule has 0 bridgehead atoms. The number of nitrogens with one attached hydrogen (secondary N) is 1. The molecular weight excluding hydrogens is 323 g/mol. The van der Waals surface area contributed by atoms with E-state index in [4.69, 9.17) is 33.7 Å². The highest BCUT2D eigenvalue weighted by atomic mass is 35.5. The molecule has 3 N–H and O–H groups in total. The summed E-state index contributed by atoms with van der Waals surface area (Å²) in [7, 11) is 0. The van der Waals surface area contributed by atoms with Crippen LogP contribution < -0.4 is 15.8 Å². The summed E-state index contributed by atoms with van der Waals surface area (Å²) in [6.45, 7) is 2.00. The molecule has 0 spiro atoms. The van der Waals surface area contributed by atoms with Gasteiger partial charge in [-0.15, -0.1) is 0 Å². The van der Waals surface area contributed by atoms with Crippen molar-refractivity contribution in [3.05, 3.63) is 32.9 Å². The Labute approximate surface area is 138 Å². The first-order valence-electron chi connectivity index (χ1n) is 6.65. The summed E-state index contributed by atoms with van der Waals surface area (Å²) in [6.07, 6.45) is 0.761. The molecule has 0 saturated heterocycles. The molecular formula is C15H16Cl2N4O. The van der Waals surface area contributed by atoms with Gasteiger partial charge < -0.3 is 15.8 Å². The van der Waals surface area contributed by atoms with E-state index < -0.39 is 0 Å². The van der Waals surface area contributed by atoms with E-state index in [1.165, 1.54) is 0 Å². The zero-order valence-corrected chi connectivity index (χ0v) is 12.6. The van der Waals surface area contributed by atoms with E-state index in [-0.39, 0.29) is 13.4 Å². The Morgan fingerprint density at radius 2 is 1.95 bits per heavy atom. The maximum atomic E-state index is 6.44. The number of nitrogen functional groups attached to an aromatic ring is 1. The van der Waals surface area contributed by atoms with Crippen LogP contribution in [0.15, 0.2) is 6.07 Å². The van der Waals surface area contributed by atoms with Gasteiger partial charge in [0.2, 0.25) is 5.95 Å². The molecule has 22 heavy (non-hydrogen) atoms. The lowest BCUT2D eigenvalue weighted by Gasteiger charge is -2.14. The minimum absolute atomic E-state index is 0. The second kappa shape index (κ2) is 5.57. The Morgan fingerprint density at radius 1 is 1.14 bits per heavy atom. The van der Waals surface area contributed by atoms with Gasteiger partial charge in [0.1, 0.15) is 5.75 Å². The fourth-order valence-corrected chi connectivity index (χ4v) is 3.60. The van der Waals surface area contributed by atoms with Gasteiger partial charge in [-0.3, -0.25) is 0 Å². The summed E-state index contributed by atoms with van der Waals surface area (Å²) in [5.41, 5.74) is 10.5. The van der Waals surface area contributed by atoms with Crippen molar-refractivity contribution in [3.8, 4) is 17.0 Å². The van der Waals surface area contributed by atoms with Gasteiger partial charge in [-0.25, -0.2) is 9.97 Å². The lowest BCUT2D eigenvalue weighted by Crippen LogP contribution is -2.04.